The molecule has 19 heavy (non-hydrogen) atoms. The van der Waals surface area contributed by atoms with Crippen molar-refractivity contribution in [1.29, 1.82) is 10.5 Å². The lowest BCUT2D eigenvalue weighted by Gasteiger charge is -2.09. The monoisotopic (exact) mass is 260 g/mol. The summed E-state index contributed by atoms with van der Waals surface area (Å²) in [7, 11) is 0. The van der Waals surface area contributed by atoms with E-state index in [9.17, 15) is 9.59 Å². The maximum atomic E-state index is 9.90. The van der Waals surface area contributed by atoms with Crippen molar-refractivity contribution in [3.8, 4) is 12.1 Å². The minimum absolute atomic E-state index is 0.149. The average Bonchev–Trinajstić information content (AvgIpc) is 2.44. The van der Waals surface area contributed by atoms with E-state index in [1.807, 2.05) is 0 Å². The molecule has 0 spiro atoms. The first-order valence-corrected chi connectivity index (χ1v) is 6.15. The van der Waals surface area contributed by atoms with Crippen molar-refractivity contribution in [1.82, 2.24) is 0 Å². The molecule has 0 aliphatic carbocycles. The summed E-state index contributed by atoms with van der Waals surface area (Å²) in [5.41, 5.74) is 0. The lowest BCUT2D eigenvalue weighted by atomic mass is 9.94. The fraction of sp³-hybridized carbons (Fsp3) is 0.692. The summed E-state index contributed by atoms with van der Waals surface area (Å²) in [6.07, 6.45) is 6.08. The highest BCUT2D eigenvalue weighted by Gasteiger charge is 2.10. The van der Waals surface area contributed by atoms with E-state index in [1.54, 1.807) is 0 Å². The Morgan fingerprint density at radius 3 is 1.53 bits per heavy atom. The molecule has 2 unspecified atom stereocenters. The number of nitriles is 2. The van der Waals surface area contributed by atoms with E-state index >= 15 is 0 Å². The van der Waals surface area contributed by atoms with Crippen molar-refractivity contribution in [3.63, 3.8) is 0 Å². The number of aliphatic imine (C=N–C) groups is 2. The molecule has 2 atom stereocenters. The second kappa shape index (κ2) is 12.2. The Morgan fingerprint density at radius 1 is 0.789 bits per heavy atom. The van der Waals surface area contributed by atoms with Gasteiger partial charge in [0.25, 0.3) is 0 Å². The van der Waals surface area contributed by atoms with Crippen LogP contribution in [0.1, 0.15) is 32.1 Å². The van der Waals surface area contributed by atoms with E-state index in [0.29, 0.717) is 38.8 Å². The number of hydrogen-bond donors (Lipinski definition) is 0. The third-order valence-electron chi connectivity index (χ3n) is 2.78. The van der Waals surface area contributed by atoms with E-state index < -0.39 is 0 Å². The standard InChI is InChI=1S/C13H16N4O2/c14-8-12(4-6-16-10-18)2-1-3-13(9-15)5-7-17-11-19/h12-13H,1-7H2. The highest BCUT2D eigenvalue weighted by atomic mass is 16.1. The molecule has 0 amide bonds. The third-order valence-corrected chi connectivity index (χ3v) is 2.78. The van der Waals surface area contributed by atoms with Crippen LogP contribution in [0.5, 0.6) is 0 Å². The first-order valence-electron chi connectivity index (χ1n) is 6.15. The summed E-state index contributed by atoms with van der Waals surface area (Å²) >= 11 is 0. The number of isocyanates is 2. The summed E-state index contributed by atoms with van der Waals surface area (Å²) in [5, 5.41) is 17.8. The smallest absolute Gasteiger partial charge is 0.211 e. The average molecular weight is 260 g/mol. The topological polar surface area (TPSA) is 106 Å². The van der Waals surface area contributed by atoms with E-state index in [0.717, 1.165) is 6.42 Å². The van der Waals surface area contributed by atoms with Gasteiger partial charge in [0, 0.05) is 11.8 Å². The van der Waals surface area contributed by atoms with Gasteiger partial charge in [-0.1, -0.05) is 6.42 Å². The summed E-state index contributed by atoms with van der Waals surface area (Å²) in [4.78, 5) is 26.6. The Labute approximate surface area is 112 Å². The molecule has 0 radical (unpaired) electrons. The Kier molecular flexibility index (Phi) is 10.8. The molecule has 0 saturated heterocycles. The van der Waals surface area contributed by atoms with Crippen molar-refractivity contribution >= 4 is 12.2 Å². The van der Waals surface area contributed by atoms with Crippen molar-refractivity contribution in [2.24, 2.45) is 21.8 Å². The largest absolute Gasteiger partial charge is 0.234 e. The van der Waals surface area contributed by atoms with E-state index in [1.165, 1.54) is 12.2 Å². The summed E-state index contributed by atoms with van der Waals surface area (Å²) in [6.45, 7) is 0.634. The molecule has 6 nitrogen and oxygen atoms in total. The van der Waals surface area contributed by atoms with Gasteiger partial charge in [-0.15, -0.1) is 0 Å². The zero-order valence-corrected chi connectivity index (χ0v) is 10.7. The molecule has 0 heterocycles. The Morgan fingerprint density at radius 2 is 1.21 bits per heavy atom. The van der Waals surface area contributed by atoms with Gasteiger partial charge in [-0.3, -0.25) is 0 Å². The highest BCUT2D eigenvalue weighted by molar-refractivity contribution is 5.32. The molecule has 100 valence electrons. The predicted molar refractivity (Wildman–Crippen MR) is 67.3 cm³/mol. The summed E-state index contributed by atoms with van der Waals surface area (Å²) in [6, 6.07) is 4.32. The minimum Gasteiger partial charge on any atom is -0.211 e. The zero-order chi connectivity index (χ0) is 14.3. The van der Waals surface area contributed by atoms with Crippen LogP contribution in [-0.2, 0) is 9.59 Å². The van der Waals surface area contributed by atoms with Gasteiger partial charge in [0.05, 0.1) is 25.2 Å². The second-order valence-corrected chi connectivity index (χ2v) is 4.11. The van der Waals surface area contributed by atoms with E-state index in [-0.39, 0.29) is 11.8 Å². The normalized spacial score (nSPS) is 12.1. The second-order valence-electron chi connectivity index (χ2n) is 4.11. The van der Waals surface area contributed by atoms with Crippen LogP contribution >= 0.6 is 0 Å². The number of nitrogens with zero attached hydrogens (tertiary/aromatic N) is 4. The molecule has 0 aliphatic heterocycles. The van der Waals surface area contributed by atoms with Gasteiger partial charge in [-0.05, 0) is 25.7 Å². The quantitative estimate of drug-likeness (QED) is 0.441. The van der Waals surface area contributed by atoms with Gasteiger partial charge in [0.1, 0.15) is 0 Å². The molecule has 0 bridgehead atoms. The molecule has 0 aliphatic rings. The third kappa shape index (κ3) is 9.44. The summed E-state index contributed by atoms with van der Waals surface area (Å²) in [5.74, 6) is -0.297. The van der Waals surface area contributed by atoms with Gasteiger partial charge in [0.15, 0.2) is 0 Å². The molecule has 0 aromatic heterocycles. The first kappa shape index (κ1) is 16.7. The van der Waals surface area contributed by atoms with Crippen molar-refractivity contribution < 1.29 is 9.59 Å². The number of carbonyl (C=O) groups excluding carboxylic acids is 2. The molecular formula is C13H16N4O2. The van der Waals surface area contributed by atoms with Gasteiger partial charge < -0.3 is 0 Å². The maximum Gasteiger partial charge on any atom is 0.234 e. The van der Waals surface area contributed by atoms with Crippen LogP contribution in [0.4, 0.5) is 0 Å². The van der Waals surface area contributed by atoms with Gasteiger partial charge in [-0.2, -0.15) is 10.5 Å². The predicted octanol–water partition coefficient (Wildman–Crippen LogP) is 1.89. The fourth-order valence-electron chi connectivity index (χ4n) is 1.69. The molecule has 0 N–H and O–H groups in total. The minimum atomic E-state index is -0.149. The van der Waals surface area contributed by atoms with E-state index in [2.05, 4.69) is 22.1 Å². The van der Waals surface area contributed by atoms with Crippen LogP contribution in [0, 0.1) is 34.5 Å². The fourth-order valence-corrected chi connectivity index (χ4v) is 1.69. The Balaban J connectivity index is 3.90. The first-order chi connectivity index (χ1) is 9.28. The molecule has 0 rings (SSSR count). The summed E-state index contributed by atoms with van der Waals surface area (Å²) < 4.78 is 0. The van der Waals surface area contributed by atoms with Crippen LogP contribution in [0.3, 0.4) is 0 Å². The zero-order valence-electron chi connectivity index (χ0n) is 10.7. The van der Waals surface area contributed by atoms with Gasteiger partial charge in [-0.25, -0.2) is 19.6 Å². The lowest BCUT2D eigenvalue weighted by molar-refractivity contribution is 0.472. The van der Waals surface area contributed by atoms with Crippen LogP contribution < -0.4 is 0 Å². The maximum absolute atomic E-state index is 9.90. The lowest BCUT2D eigenvalue weighted by Crippen LogP contribution is -2.03. The van der Waals surface area contributed by atoms with Crippen molar-refractivity contribution in [2.75, 3.05) is 13.1 Å². The number of hydrogen-bond acceptors (Lipinski definition) is 6. The van der Waals surface area contributed by atoms with Crippen molar-refractivity contribution in [2.45, 2.75) is 32.1 Å². The van der Waals surface area contributed by atoms with Crippen molar-refractivity contribution in [3.05, 3.63) is 0 Å². The van der Waals surface area contributed by atoms with Crippen LogP contribution in [0.25, 0.3) is 0 Å². The molecule has 0 fully saturated rings. The van der Waals surface area contributed by atoms with Crippen LogP contribution in [0.15, 0.2) is 9.98 Å². The molecular weight excluding hydrogens is 244 g/mol. The molecule has 0 saturated carbocycles. The highest BCUT2D eigenvalue weighted by Crippen LogP contribution is 2.17. The molecule has 0 aromatic carbocycles. The Bertz CT molecular complexity index is 383. The van der Waals surface area contributed by atoms with Crippen LogP contribution in [0.2, 0.25) is 0 Å². The van der Waals surface area contributed by atoms with Crippen LogP contribution in [-0.4, -0.2) is 25.2 Å². The SMILES string of the molecule is N#CC(CCCC(C#N)CCN=C=O)CCN=C=O. The Hall–Kier alpha value is -2.26. The number of rotatable bonds is 10. The van der Waals surface area contributed by atoms with Gasteiger partial charge >= 0.3 is 0 Å². The van der Waals surface area contributed by atoms with E-state index in [4.69, 9.17) is 10.5 Å². The molecule has 0 aromatic rings. The van der Waals surface area contributed by atoms with Gasteiger partial charge in [0.2, 0.25) is 12.2 Å². The molecule has 6 heteroatoms.